The van der Waals surface area contributed by atoms with Gasteiger partial charge in [-0.25, -0.2) is 0 Å². The molecule has 0 aromatic rings. The molecule has 0 heterocycles. The van der Waals surface area contributed by atoms with Gasteiger partial charge >= 0.3 is 5.97 Å². The van der Waals surface area contributed by atoms with E-state index >= 15 is 0 Å². The summed E-state index contributed by atoms with van der Waals surface area (Å²) in [5.41, 5.74) is 0. The standard InChI is InChI=1S/C29H59NO2/c1-4-7-9-11-13-15-17-19-21-23-26-30(28(25-6-3)29(31)32)27-24-22-20-18-16-14-12-10-8-5-2/h28H,4-27H2,1-3H3,(H,31,32). The minimum atomic E-state index is -0.619. The normalized spacial score (nSPS) is 12.5. The highest BCUT2D eigenvalue weighted by atomic mass is 16.4. The summed E-state index contributed by atoms with van der Waals surface area (Å²) in [4.78, 5) is 14.1. The third kappa shape index (κ3) is 20.1. The van der Waals surface area contributed by atoms with Crippen LogP contribution in [-0.4, -0.2) is 35.1 Å². The van der Waals surface area contributed by atoms with E-state index < -0.39 is 5.97 Å². The highest BCUT2D eigenvalue weighted by Crippen LogP contribution is 2.15. The minimum absolute atomic E-state index is 0.280. The lowest BCUT2D eigenvalue weighted by Gasteiger charge is -2.29. The van der Waals surface area contributed by atoms with Gasteiger partial charge in [-0.05, 0) is 32.4 Å². The predicted molar refractivity (Wildman–Crippen MR) is 142 cm³/mol. The van der Waals surface area contributed by atoms with Crippen molar-refractivity contribution in [2.45, 2.75) is 168 Å². The van der Waals surface area contributed by atoms with Crippen LogP contribution < -0.4 is 0 Å². The van der Waals surface area contributed by atoms with E-state index in [1.54, 1.807) is 0 Å². The third-order valence-corrected chi connectivity index (χ3v) is 6.89. The van der Waals surface area contributed by atoms with Crippen LogP contribution in [0.2, 0.25) is 0 Å². The summed E-state index contributed by atoms with van der Waals surface area (Å²) in [6.45, 7) is 8.58. The molecule has 192 valence electrons. The smallest absolute Gasteiger partial charge is 0.320 e. The second-order valence-electron chi connectivity index (χ2n) is 10.0. The average molecular weight is 454 g/mol. The molecule has 0 saturated carbocycles. The average Bonchev–Trinajstić information content (AvgIpc) is 2.78. The van der Waals surface area contributed by atoms with E-state index in [-0.39, 0.29) is 6.04 Å². The highest BCUT2D eigenvalue weighted by Gasteiger charge is 2.23. The van der Waals surface area contributed by atoms with Gasteiger partial charge in [-0.1, -0.05) is 143 Å². The Kier molecular flexibility index (Phi) is 24.6. The lowest BCUT2D eigenvalue weighted by molar-refractivity contribution is -0.143. The van der Waals surface area contributed by atoms with Crippen molar-refractivity contribution in [1.82, 2.24) is 4.90 Å². The maximum atomic E-state index is 11.9. The molecule has 0 saturated heterocycles. The maximum Gasteiger partial charge on any atom is 0.320 e. The van der Waals surface area contributed by atoms with Gasteiger partial charge in [0.2, 0.25) is 0 Å². The summed E-state index contributed by atoms with van der Waals surface area (Å²) in [5, 5.41) is 9.76. The molecule has 0 spiro atoms. The van der Waals surface area contributed by atoms with Crippen LogP contribution >= 0.6 is 0 Å². The molecule has 32 heavy (non-hydrogen) atoms. The van der Waals surface area contributed by atoms with Gasteiger partial charge in [0.1, 0.15) is 6.04 Å². The Morgan fingerprint density at radius 1 is 0.531 bits per heavy atom. The molecule has 3 nitrogen and oxygen atoms in total. The van der Waals surface area contributed by atoms with Crippen molar-refractivity contribution in [2.75, 3.05) is 13.1 Å². The van der Waals surface area contributed by atoms with E-state index in [2.05, 4.69) is 25.7 Å². The summed E-state index contributed by atoms with van der Waals surface area (Å²) in [6.07, 6.45) is 28.4. The van der Waals surface area contributed by atoms with Gasteiger partial charge in [0.15, 0.2) is 0 Å². The number of hydrogen-bond acceptors (Lipinski definition) is 2. The molecule has 0 aliphatic carbocycles. The van der Waals surface area contributed by atoms with Gasteiger partial charge in [0, 0.05) is 0 Å². The van der Waals surface area contributed by atoms with E-state index in [1.807, 2.05) is 0 Å². The predicted octanol–water partition coefficient (Wildman–Crippen LogP) is 9.38. The number of carboxylic acids is 1. The molecular formula is C29H59NO2. The fourth-order valence-electron chi connectivity index (χ4n) is 4.76. The molecule has 0 aliphatic rings. The lowest BCUT2D eigenvalue weighted by Crippen LogP contribution is -2.42. The molecular weight excluding hydrogens is 394 g/mol. The van der Waals surface area contributed by atoms with Gasteiger partial charge in [-0.3, -0.25) is 9.69 Å². The Bertz CT molecular complexity index is 361. The molecule has 0 bridgehead atoms. The number of carboxylic acid groups (broad SMARTS) is 1. The highest BCUT2D eigenvalue weighted by molar-refractivity contribution is 5.73. The summed E-state index contributed by atoms with van der Waals surface area (Å²) >= 11 is 0. The van der Waals surface area contributed by atoms with Crippen molar-refractivity contribution >= 4 is 5.97 Å². The van der Waals surface area contributed by atoms with E-state index in [4.69, 9.17) is 0 Å². The summed E-state index contributed by atoms with van der Waals surface area (Å²) < 4.78 is 0. The molecule has 3 heteroatoms. The fourth-order valence-corrected chi connectivity index (χ4v) is 4.76. The van der Waals surface area contributed by atoms with Gasteiger partial charge in [0.25, 0.3) is 0 Å². The maximum absolute atomic E-state index is 11.9. The topological polar surface area (TPSA) is 40.5 Å². The van der Waals surface area contributed by atoms with Gasteiger partial charge in [0.05, 0.1) is 0 Å². The quantitative estimate of drug-likeness (QED) is 0.133. The fraction of sp³-hybridized carbons (Fsp3) is 0.966. The molecule has 1 unspecified atom stereocenters. The third-order valence-electron chi connectivity index (χ3n) is 6.89. The Morgan fingerprint density at radius 2 is 0.844 bits per heavy atom. The first-order valence-electron chi connectivity index (χ1n) is 14.6. The number of nitrogens with zero attached hydrogens (tertiary/aromatic N) is 1. The van der Waals surface area contributed by atoms with Crippen LogP contribution in [0, 0.1) is 0 Å². The number of rotatable bonds is 26. The van der Waals surface area contributed by atoms with Crippen LogP contribution in [0.3, 0.4) is 0 Å². The molecule has 0 aromatic heterocycles. The van der Waals surface area contributed by atoms with Crippen molar-refractivity contribution < 1.29 is 9.90 Å². The molecule has 0 aliphatic heterocycles. The van der Waals surface area contributed by atoms with Crippen LogP contribution in [0.15, 0.2) is 0 Å². The lowest BCUT2D eigenvalue weighted by atomic mass is 10.0. The van der Waals surface area contributed by atoms with E-state index in [0.29, 0.717) is 0 Å². The van der Waals surface area contributed by atoms with Gasteiger partial charge in [-0.2, -0.15) is 0 Å². The number of carbonyl (C=O) groups is 1. The van der Waals surface area contributed by atoms with E-state index in [1.165, 1.54) is 116 Å². The van der Waals surface area contributed by atoms with Crippen LogP contribution in [0.4, 0.5) is 0 Å². The summed E-state index contributed by atoms with van der Waals surface area (Å²) in [5.74, 6) is -0.619. The van der Waals surface area contributed by atoms with Crippen LogP contribution in [0.25, 0.3) is 0 Å². The first-order chi connectivity index (χ1) is 15.7. The van der Waals surface area contributed by atoms with Crippen LogP contribution in [0.5, 0.6) is 0 Å². The van der Waals surface area contributed by atoms with Crippen molar-refractivity contribution in [3.8, 4) is 0 Å². The SMILES string of the molecule is CCCCCCCCCCCCN(CCCCCCCCCCCC)C(CCC)C(=O)O. The zero-order chi connectivity index (χ0) is 23.7. The first-order valence-corrected chi connectivity index (χ1v) is 14.6. The van der Waals surface area contributed by atoms with Crippen molar-refractivity contribution in [1.29, 1.82) is 0 Å². The number of unbranched alkanes of at least 4 members (excludes halogenated alkanes) is 18. The molecule has 0 amide bonds. The van der Waals surface area contributed by atoms with E-state index in [9.17, 15) is 9.90 Å². The molecule has 0 rings (SSSR count). The Balaban J connectivity index is 4.00. The zero-order valence-corrected chi connectivity index (χ0v) is 22.4. The van der Waals surface area contributed by atoms with Crippen molar-refractivity contribution in [3.05, 3.63) is 0 Å². The molecule has 0 aromatic carbocycles. The number of aliphatic carboxylic acids is 1. The Morgan fingerprint density at radius 3 is 1.12 bits per heavy atom. The largest absolute Gasteiger partial charge is 0.480 e. The molecule has 1 atom stereocenters. The molecule has 0 radical (unpaired) electrons. The van der Waals surface area contributed by atoms with Gasteiger partial charge in [-0.15, -0.1) is 0 Å². The summed E-state index contributed by atoms with van der Waals surface area (Å²) in [7, 11) is 0. The van der Waals surface area contributed by atoms with E-state index in [0.717, 1.165) is 38.8 Å². The Hall–Kier alpha value is -0.570. The zero-order valence-electron chi connectivity index (χ0n) is 22.4. The van der Waals surface area contributed by atoms with Crippen molar-refractivity contribution in [3.63, 3.8) is 0 Å². The van der Waals surface area contributed by atoms with Crippen LogP contribution in [-0.2, 0) is 4.79 Å². The number of hydrogen-bond donors (Lipinski definition) is 1. The second kappa shape index (κ2) is 25.1. The van der Waals surface area contributed by atoms with Crippen LogP contribution in [0.1, 0.15) is 162 Å². The molecule has 1 N–H and O–H groups in total. The summed E-state index contributed by atoms with van der Waals surface area (Å²) in [6, 6.07) is -0.280. The first kappa shape index (κ1) is 31.4. The minimum Gasteiger partial charge on any atom is -0.480 e. The van der Waals surface area contributed by atoms with Gasteiger partial charge < -0.3 is 5.11 Å². The Labute approximate surface area is 202 Å². The van der Waals surface area contributed by atoms with Crippen molar-refractivity contribution in [2.24, 2.45) is 0 Å². The second-order valence-corrected chi connectivity index (χ2v) is 10.0. The monoisotopic (exact) mass is 453 g/mol. The molecule has 0 fully saturated rings.